The Labute approximate surface area is 116 Å². The summed E-state index contributed by atoms with van der Waals surface area (Å²) >= 11 is 1.21. The number of carbonyl (C=O) groups excluding carboxylic acids is 1. The topological polar surface area (TPSA) is 92.7 Å². The molecule has 0 radical (unpaired) electrons. The Morgan fingerprint density at radius 1 is 1.32 bits per heavy atom. The molecule has 6 heteroatoms. The lowest BCUT2D eigenvalue weighted by molar-refractivity contribution is -0.112. The second-order valence-electron chi connectivity index (χ2n) is 4.18. The summed E-state index contributed by atoms with van der Waals surface area (Å²) in [6, 6.07) is 1.82. The molecule has 0 amide bonds. The fourth-order valence-corrected chi connectivity index (χ4v) is 2.19. The maximum atomic E-state index is 11.8. The summed E-state index contributed by atoms with van der Waals surface area (Å²) in [7, 11) is 0. The van der Waals surface area contributed by atoms with Gasteiger partial charge in [0.1, 0.15) is 11.6 Å². The van der Waals surface area contributed by atoms with E-state index in [4.69, 9.17) is 11.0 Å². The molecule has 1 aromatic heterocycles. The number of allylic oxidation sites excluding steroid dienone is 2. The molecule has 1 heterocycles. The largest absolute Gasteiger partial charge is 0.401 e. The first-order chi connectivity index (χ1) is 8.86. The minimum Gasteiger partial charge on any atom is -0.401 e. The number of hydrogen-bond donors (Lipinski definition) is 1. The summed E-state index contributed by atoms with van der Waals surface area (Å²) in [5.41, 5.74) is 8.57. The van der Waals surface area contributed by atoms with E-state index in [0.29, 0.717) is 5.16 Å². The summed E-state index contributed by atoms with van der Waals surface area (Å²) in [6.07, 6.45) is 0. The third kappa shape index (κ3) is 3.80. The minimum absolute atomic E-state index is 0.00746. The van der Waals surface area contributed by atoms with Crippen LogP contribution >= 0.6 is 11.8 Å². The number of nitrogens with two attached hydrogens (primary N) is 1. The Hall–Kier alpha value is -1.87. The number of nitriles is 1. The molecule has 0 atom stereocenters. The minimum atomic E-state index is -0.299. The van der Waals surface area contributed by atoms with Gasteiger partial charge in [0.2, 0.25) is 0 Å². The van der Waals surface area contributed by atoms with Crippen molar-refractivity contribution in [2.75, 3.05) is 5.75 Å². The van der Waals surface area contributed by atoms with Crippen molar-refractivity contribution in [3.8, 4) is 6.07 Å². The van der Waals surface area contributed by atoms with E-state index in [0.717, 1.165) is 17.0 Å². The fourth-order valence-electron chi connectivity index (χ4n) is 1.38. The van der Waals surface area contributed by atoms with Crippen molar-refractivity contribution in [3.63, 3.8) is 0 Å². The van der Waals surface area contributed by atoms with E-state index in [1.807, 2.05) is 26.8 Å². The zero-order valence-corrected chi connectivity index (χ0v) is 12.3. The lowest BCUT2D eigenvalue weighted by Crippen LogP contribution is -2.10. The highest BCUT2D eigenvalue weighted by molar-refractivity contribution is 7.99. The van der Waals surface area contributed by atoms with Gasteiger partial charge in [-0.15, -0.1) is 0 Å². The lowest BCUT2D eigenvalue weighted by Gasteiger charge is -2.06. The van der Waals surface area contributed by atoms with E-state index in [2.05, 4.69) is 9.97 Å². The molecular weight excluding hydrogens is 260 g/mol. The Balaban J connectivity index is 2.82. The van der Waals surface area contributed by atoms with Crippen molar-refractivity contribution in [2.24, 2.45) is 5.73 Å². The molecule has 1 rings (SSSR count). The van der Waals surface area contributed by atoms with Crippen LogP contribution in [0, 0.1) is 32.1 Å². The van der Waals surface area contributed by atoms with E-state index in [1.54, 1.807) is 0 Å². The van der Waals surface area contributed by atoms with Gasteiger partial charge >= 0.3 is 0 Å². The van der Waals surface area contributed by atoms with Crippen molar-refractivity contribution >= 4 is 17.5 Å². The molecule has 0 bridgehead atoms. The van der Waals surface area contributed by atoms with Crippen molar-refractivity contribution in [3.05, 3.63) is 28.2 Å². The van der Waals surface area contributed by atoms with E-state index in [1.165, 1.54) is 18.7 Å². The van der Waals surface area contributed by atoms with Crippen LogP contribution in [0.25, 0.3) is 0 Å². The zero-order valence-electron chi connectivity index (χ0n) is 11.4. The van der Waals surface area contributed by atoms with Gasteiger partial charge in [-0.1, -0.05) is 11.8 Å². The number of aryl methyl sites for hydroxylation is 2. The first kappa shape index (κ1) is 15.2. The summed E-state index contributed by atoms with van der Waals surface area (Å²) in [6.45, 7) is 7.30. The molecule has 1 aromatic rings. The predicted octanol–water partition coefficient (Wildman–Crippen LogP) is 1.82. The summed E-state index contributed by atoms with van der Waals surface area (Å²) in [4.78, 5) is 20.4. The van der Waals surface area contributed by atoms with E-state index in [-0.39, 0.29) is 22.8 Å². The quantitative estimate of drug-likeness (QED) is 0.390. The Morgan fingerprint density at radius 3 is 2.26 bits per heavy atom. The monoisotopic (exact) mass is 276 g/mol. The molecule has 0 aromatic carbocycles. The van der Waals surface area contributed by atoms with E-state index in [9.17, 15) is 4.79 Å². The standard InChI is InChI=1S/C13H16N4OS/c1-7-9(3)16-13(17-10(7)4)19-6-12(18)11(5-14)8(2)15/h6,15H2,1-4H3. The average Bonchev–Trinajstić information content (AvgIpc) is 2.33. The number of Topliss-reactive ketones (excluding diaryl/α,β-unsaturated/α-hetero) is 1. The lowest BCUT2D eigenvalue weighted by atomic mass is 10.2. The molecule has 0 fully saturated rings. The highest BCUT2D eigenvalue weighted by atomic mass is 32.2. The number of nitrogens with zero attached hydrogens (tertiary/aromatic N) is 3. The summed E-state index contributed by atoms with van der Waals surface area (Å²) in [5.74, 6) is -0.189. The van der Waals surface area contributed by atoms with Gasteiger partial charge in [-0.25, -0.2) is 9.97 Å². The van der Waals surface area contributed by atoms with Crippen LogP contribution < -0.4 is 5.73 Å². The highest BCUT2D eigenvalue weighted by Crippen LogP contribution is 2.18. The second-order valence-corrected chi connectivity index (χ2v) is 5.13. The molecule has 2 N–H and O–H groups in total. The first-order valence-electron chi connectivity index (χ1n) is 5.71. The molecule has 0 saturated carbocycles. The zero-order chi connectivity index (χ0) is 14.6. The molecule has 0 aliphatic rings. The van der Waals surface area contributed by atoms with Gasteiger partial charge in [0.05, 0.1) is 5.75 Å². The first-order valence-corrected chi connectivity index (χ1v) is 6.69. The van der Waals surface area contributed by atoms with Crippen LogP contribution in [0.4, 0.5) is 0 Å². The number of thioether (sulfide) groups is 1. The van der Waals surface area contributed by atoms with Gasteiger partial charge in [-0.2, -0.15) is 5.26 Å². The molecule has 0 saturated heterocycles. The Bertz CT molecular complexity index is 560. The third-order valence-electron chi connectivity index (χ3n) is 2.73. The predicted molar refractivity (Wildman–Crippen MR) is 74.5 cm³/mol. The SMILES string of the molecule is CC(N)=C(C#N)C(=O)CSc1nc(C)c(C)c(C)n1. The van der Waals surface area contributed by atoms with Crippen LogP contribution in [0.1, 0.15) is 23.9 Å². The second kappa shape index (κ2) is 6.34. The van der Waals surface area contributed by atoms with Gasteiger partial charge in [0, 0.05) is 17.1 Å². The number of carbonyl (C=O) groups is 1. The van der Waals surface area contributed by atoms with Crippen LogP contribution in [-0.4, -0.2) is 21.5 Å². The van der Waals surface area contributed by atoms with Crippen LogP contribution in [0.3, 0.4) is 0 Å². The Kier molecular flexibility index (Phi) is 5.07. The number of ketones is 1. The smallest absolute Gasteiger partial charge is 0.188 e. The molecular formula is C13H16N4OS. The number of rotatable bonds is 4. The van der Waals surface area contributed by atoms with Gasteiger partial charge in [-0.05, 0) is 33.3 Å². The normalized spacial score (nSPS) is 11.7. The van der Waals surface area contributed by atoms with Crippen molar-refractivity contribution in [1.82, 2.24) is 9.97 Å². The maximum Gasteiger partial charge on any atom is 0.188 e. The number of aromatic nitrogens is 2. The van der Waals surface area contributed by atoms with E-state index < -0.39 is 0 Å². The van der Waals surface area contributed by atoms with Gasteiger partial charge in [0.25, 0.3) is 0 Å². The van der Waals surface area contributed by atoms with Crippen molar-refractivity contribution < 1.29 is 4.79 Å². The average molecular weight is 276 g/mol. The van der Waals surface area contributed by atoms with Gasteiger partial charge < -0.3 is 5.73 Å². The maximum absolute atomic E-state index is 11.8. The molecule has 0 aliphatic heterocycles. The summed E-state index contributed by atoms with van der Waals surface area (Å²) in [5, 5.41) is 9.38. The van der Waals surface area contributed by atoms with Crippen molar-refractivity contribution in [1.29, 1.82) is 5.26 Å². The molecule has 0 spiro atoms. The van der Waals surface area contributed by atoms with Crippen LogP contribution in [0.15, 0.2) is 16.4 Å². The van der Waals surface area contributed by atoms with Gasteiger partial charge in [-0.3, -0.25) is 4.79 Å². The molecule has 0 aliphatic carbocycles. The van der Waals surface area contributed by atoms with Crippen molar-refractivity contribution in [2.45, 2.75) is 32.9 Å². The van der Waals surface area contributed by atoms with E-state index >= 15 is 0 Å². The molecule has 0 unspecified atom stereocenters. The molecule has 19 heavy (non-hydrogen) atoms. The van der Waals surface area contributed by atoms with Crippen LogP contribution in [0.2, 0.25) is 0 Å². The number of hydrogen-bond acceptors (Lipinski definition) is 6. The molecule has 100 valence electrons. The van der Waals surface area contributed by atoms with Crippen LogP contribution in [0.5, 0.6) is 0 Å². The van der Waals surface area contributed by atoms with Gasteiger partial charge in [0.15, 0.2) is 10.9 Å². The Morgan fingerprint density at radius 2 is 1.84 bits per heavy atom. The third-order valence-corrected chi connectivity index (χ3v) is 3.58. The van der Waals surface area contributed by atoms with Crippen LogP contribution in [-0.2, 0) is 4.79 Å². The highest BCUT2D eigenvalue weighted by Gasteiger charge is 2.13. The fraction of sp³-hybridized carbons (Fsp3) is 0.385. The molecule has 5 nitrogen and oxygen atoms in total. The summed E-state index contributed by atoms with van der Waals surface area (Å²) < 4.78 is 0.